The molecule has 2 aliphatic carbocycles. The Hall–Kier alpha value is -2.84. The van der Waals surface area contributed by atoms with Crippen molar-refractivity contribution < 1.29 is 9.59 Å². The largest absolute Gasteiger partial charge is 0.325 e. The van der Waals surface area contributed by atoms with Gasteiger partial charge in [-0.15, -0.1) is 10.2 Å². The molecule has 0 radical (unpaired) electrons. The van der Waals surface area contributed by atoms with Crippen molar-refractivity contribution in [3.05, 3.63) is 64.9 Å². The Morgan fingerprint density at radius 1 is 1.00 bits per heavy atom. The number of nitrogens with zero attached hydrogens (tertiary/aromatic N) is 3. The van der Waals surface area contributed by atoms with E-state index in [4.69, 9.17) is 11.6 Å². The van der Waals surface area contributed by atoms with Crippen LogP contribution in [-0.4, -0.2) is 32.3 Å². The van der Waals surface area contributed by atoms with E-state index < -0.39 is 0 Å². The smallest absolute Gasteiger partial charge is 0.257 e. The van der Waals surface area contributed by atoms with Gasteiger partial charge in [-0.3, -0.25) is 9.59 Å². The summed E-state index contributed by atoms with van der Waals surface area (Å²) in [4.78, 5) is 25.4. The summed E-state index contributed by atoms with van der Waals surface area (Å²) in [5.74, 6) is 1.29. The number of hydrogen-bond donors (Lipinski definition) is 2. The zero-order valence-electron chi connectivity index (χ0n) is 17.3. The zero-order valence-corrected chi connectivity index (χ0v) is 18.8. The molecule has 0 spiro atoms. The summed E-state index contributed by atoms with van der Waals surface area (Å²) >= 11 is 7.29. The normalized spacial score (nSPS) is 15.4. The fourth-order valence-electron chi connectivity index (χ4n) is 3.52. The van der Waals surface area contributed by atoms with Gasteiger partial charge in [0.25, 0.3) is 5.91 Å². The minimum absolute atomic E-state index is 0.194. The molecule has 164 valence electrons. The molecule has 1 aromatic heterocycles. The number of carbonyl (C=O) groups excluding carboxylic acids is 2. The van der Waals surface area contributed by atoms with Crippen LogP contribution in [0.25, 0.3) is 0 Å². The molecule has 7 nitrogen and oxygen atoms in total. The average molecular weight is 468 g/mol. The van der Waals surface area contributed by atoms with Crippen LogP contribution in [0.1, 0.15) is 53.8 Å². The summed E-state index contributed by atoms with van der Waals surface area (Å²) in [6, 6.07) is 14.3. The van der Waals surface area contributed by atoms with Gasteiger partial charge >= 0.3 is 0 Å². The highest BCUT2D eigenvalue weighted by molar-refractivity contribution is 7.99. The van der Waals surface area contributed by atoms with Gasteiger partial charge in [-0.2, -0.15) is 0 Å². The molecule has 2 fully saturated rings. The van der Waals surface area contributed by atoms with E-state index in [-0.39, 0.29) is 17.6 Å². The first kappa shape index (κ1) is 21.0. The van der Waals surface area contributed by atoms with Crippen LogP contribution in [0.5, 0.6) is 0 Å². The lowest BCUT2D eigenvalue weighted by atomic mass is 10.1. The lowest BCUT2D eigenvalue weighted by Gasteiger charge is -2.12. The Morgan fingerprint density at radius 3 is 2.47 bits per heavy atom. The highest BCUT2D eigenvalue weighted by Crippen LogP contribution is 2.46. The molecule has 2 aliphatic rings. The fraction of sp³-hybridized carbons (Fsp3) is 0.304. The van der Waals surface area contributed by atoms with Gasteiger partial charge in [0.05, 0.1) is 17.0 Å². The number of benzene rings is 2. The van der Waals surface area contributed by atoms with Crippen LogP contribution in [0.2, 0.25) is 5.02 Å². The number of halogens is 1. The number of nitrogens with one attached hydrogen (secondary N) is 2. The zero-order chi connectivity index (χ0) is 22.1. The van der Waals surface area contributed by atoms with Crippen LogP contribution in [0, 0.1) is 0 Å². The monoisotopic (exact) mass is 467 g/mol. The minimum atomic E-state index is -0.307. The van der Waals surface area contributed by atoms with Crippen LogP contribution >= 0.6 is 23.4 Å². The van der Waals surface area contributed by atoms with Gasteiger partial charge in [0, 0.05) is 22.7 Å². The Bertz CT molecular complexity index is 1160. The van der Waals surface area contributed by atoms with E-state index in [1.54, 1.807) is 48.5 Å². The summed E-state index contributed by atoms with van der Waals surface area (Å²) in [5.41, 5.74) is 1.48. The van der Waals surface area contributed by atoms with E-state index in [1.807, 2.05) is 0 Å². The molecule has 3 aromatic rings. The van der Waals surface area contributed by atoms with Crippen molar-refractivity contribution in [2.24, 2.45) is 0 Å². The second-order valence-corrected chi connectivity index (χ2v) is 9.44. The molecule has 9 heteroatoms. The fourth-order valence-corrected chi connectivity index (χ4v) is 4.46. The molecular formula is C23H22ClN5O2S. The first-order valence-electron chi connectivity index (χ1n) is 10.6. The lowest BCUT2D eigenvalue weighted by Crippen LogP contribution is -2.19. The topological polar surface area (TPSA) is 88.9 Å². The van der Waals surface area contributed by atoms with Gasteiger partial charge in [0.2, 0.25) is 5.91 Å². The van der Waals surface area contributed by atoms with Crippen molar-refractivity contribution in [3.8, 4) is 0 Å². The highest BCUT2D eigenvalue weighted by atomic mass is 35.5. The molecule has 0 unspecified atom stereocenters. The predicted molar refractivity (Wildman–Crippen MR) is 125 cm³/mol. The van der Waals surface area contributed by atoms with E-state index in [9.17, 15) is 9.59 Å². The van der Waals surface area contributed by atoms with Crippen molar-refractivity contribution in [3.63, 3.8) is 0 Å². The average Bonchev–Trinajstić information content (AvgIpc) is 3.73. The van der Waals surface area contributed by atoms with Crippen molar-refractivity contribution in [2.75, 3.05) is 16.4 Å². The van der Waals surface area contributed by atoms with Crippen molar-refractivity contribution >= 4 is 46.6 Å². The number of hydrogen-bond acceptors (Lipinski definition) is 5. The number of aromatic nitrogens is 3. The maximum Gasteiger partial charge on any atom is 0.257 e. The number of amides is 2. The Kier molecular flexibility index (Phi) is 5.89. The maximum absolute atomic E-state index is 12.8. The Balaban J connectivity index is 1.23. The predicted octanol–water partition coefficient (Wildman–Crippen LogP) is 5.13. The van der Waals surface area contributed by atoms with E-state index in [1.165, 1.54) is 24.6 Å². The third-order valence-electron chi connectivity index (χ3n) is 5.43. The first-order chi connectivity index (χ1) is 15.6. The summed E-state index contributed by atoms with van der Waals surface area (Å²) in [5, 5.41) is 15.8. The van der Waals surface area contributed by atoms with Gasteiger partial charge in [0.15, 0.2) is 5.16 Å². The summed E-state index contributed by atoms with van der Waals surface area (Å²) in [6.07, 6.45) is 4.64. The molecular weight excluding hydrogens is 446 g/mol. The van der Waals surface area contributed by atoms with Gasteiger partial charge < -0.3 is 15.2 Å². The molecule has 2 amide bonds. The quantitative estimate of drug-likeness (QED) is 0.448. The van der Waals surface area contributed by atoms with Gasteiger partial charge in [0.1, 0.15) is 5.82 Å². The summed E-state index contributed by atoms with van der Waals surface area (Å²) < 4.78 is 2.23. The maximum atomic E-state index is 12.8. The number of anilines is 2. The van der Waals surface area contributed by atoms with Gasteiger partial charge in [-0.05, 0) is 62.1 Å². The van der Waals surface area contributed by atoms with E-state index in [2.05, 4.69) is 25.4 Å². The van der Waals surface area contributed by atoms with Crippen molar-refractivity contribution in [1.29, 1.82) is 0 Å². The molecule has 0 atom stereocenters. The number of para-hydroxylation sites is 1. The molecule has 2 N–H and O–H groups in total. The van der Waals surface area contributed by atoms with Crippen molar-refractivity contribution in [1.82, 2.24) is 14.8 Å². The van der Waals surface area contributed by atoms with Crippen LogP contribution in [0.4, 0.5) is 11.4 Å². The molecule has 5 rings (SSSR count). The molecule has 2 aromatic carbocycles. The highest BCUT2D eigenvalue weighted by Gasteiger charge is 2.36. The Labute approximate surface area is 194 Å². The van der Waals surface area contributed by atoms with Gasteiger partial charge in [-0.1, -0.05) is 35.5 Å². The standard InChI is InChI=1S/C23H22ClN5O2S/c24-15-7-9-16(10-8-15)25-22(31)18-3-1-2-4-19(18)26-20(30)13-32-23-28-27-21(14-5-6-14)29(23)17-11-12-17/h1-4,7-10,14,17H,5-6,11-13H2,(H,25,31)(H,26,30). The van der Waals surface area contributed by atoms with E-state index in [0.717, 1.165) is 23.8 Å². The lowest BCUT2D eigenvalue weighted by molar-refractivity contribution is -0.113. The molecule has 0 bridgehead atoms. The molecule has 0 saturated heterocycles. The first-order valence-corrected chi connectivity index (χ1v) is 12.0. The minimum Gasteiger partial charge on any atom is -0.325 e. The third-order valence-corrected chi connectivity index (χ3v) is 6.62. The number of carbonyl (C=O) groups is 2. The van der Waals surface area contributed by atoms with E-state index >= 15 is 0 Å². The molecule has 0 aliphatic heterocycles. The van der Waals surface area contributed by atoms with Crippen LogP contribution in [0.15, 0.2) is 53.7 Å². The van der Waals surface area contributed by atoms with Crippen LogP contribution in [-0.2, 0) is 4.79 Å². The third kappa shape index (κ3) is 4.81. The SMILES string of the molecule is O=C(CSc1nnc(C2CC2)n1C1CC1)Nc1ccccc1C(=O)Nc1ccc(Cl)cc1. The molecule has 1 heterocycles. The van der Waals surface area contributed by atoms with E-state index in [0.29, 0.717) is 33.9 Å². The molecule has 32 heavy (non-hydrogen) atoms. The van der Waals surface area contributed by atoms with Gasteiger partial charge in [-0.25, -0.2) is 0 Å². The summed E-state index contributed by atoms with van der Waals surface area (Å²) in [7, 11) is 0. The van der Waals surface area contributed by atoms with Crippen LogP contribution < -0.4 is 10.6 Å². The van der Waals surface area contributed by atoms with Crippen molar-refractivity contribution in [2.45, 2.75) is 42.8 Å². The van der Waals surface area contributed by atoms with Crippen LogP contribution in [0.3, 0.4) is 0 Å². The second-order valence-electron chi connectivity index (χ2n) is 8.06. The molecule has 2 saturated carbocycles. The Morgan fingerprint density at radius 2 is 1.75 bits per heavy atom. The second kappa shape index (κ2) is 8.96. The summed E-state index contributed by atoms with van der Waals surface area (Å²) in [6.45, 7) is 0. The number of thioether (sulfide) groups is 1. The number of rotatable bonds is 8.